The molecule has 0 N–H and O–H groups in total. The number of rotatable bonds is 59. The average Bonchev–Trinajstić information content (AvgIpc) is 3.43. The maximum absolute atomic E-state index is 12.9. The zero-order valence-corrected chi connectivity index (χ0v) is 50.7. The molecule has 0 amide bonds. The van der Waals surface area contributed by atoms with Gasteiger partial charge in [-0.3, -0.25) is 14.4 Å². The van der Waals surface area contributed by atoms with Gasteiger partial charge in [-0.05, 0) is 103 Å². The van der Waals surface area contributed by atoms with Gasteiger partial charge in [-0.2, -0.15) is 0 Å². The summed E-state index contributed by atoms with van der Waals surface area (Å²) in [7, 11) is 0. The Balaban J connectivity index is 4.25. The highest BCUT2D eigenvalue weighted by Crippen LogP contribution is 2.17. The van der Waals surface area contributed by atoms with Crippen molar-refractivity contribution < 1.29 is 28.6 Å². The number of allylic oxidation sites excluding steroid dienone is 16. The third-order valence-electron chi connectivity index (χ3n) is 14.1. The van der Waals surface area contributed by atoms with Crippen molar-refractivity contribution in [3.05, 3.63) is 97.2 Å². The van der Waals surface area contributed by atoms with Gasteiger partial charge in [-0.25, -0.2) is 0 Å². The van der Waals surface area contributed by atoms with Crippen LogP contribution < -0.4 is 0 Å². The molecule has 0 aromatic rings. The third kappa shape index (κ3) is 63.0. The standard InChI is InChI=1S/C71H122O6/c1-4-7-10-13-16-19-22-25-27-29-30-31-32-33-34-35-36-37-38-39-40-42-43-46-49-52-55-58-61-64-70(73)76-67-68(66-75-69(72)63-60-57-54-51-48-45-24-21-18-15-12-9-6-3)77-71(74)65-62-59-56-53-50-47-44-41-28-26-23-20-17-14-11-8-5-2/h8-9,11-12,17-18,20-21,26,28-30,45,48,54,57,68H,4-7,10,13-16,19,22-25,27,31-44,46-47,49-53,55-56,58-67H2,1-3H3/b11-8-,12-9-,20-17-,21-18-,28-26-,30-29-,48-45-,57-54-. The van der Waals surface area contributed by atoms with Crippen LogP contribution in [0.25, 0.3) is 0 Å². The lowest BCUT2D eigenvalue weighted by Crippen LogP contribution is -2.30. The summed E-state index contributed by atoms with van der Waals surface area (Å²) in [4.78, 5) is 38.2. The van der Waals surface area contributed by atoms with Crippen LogP contribution in [0, 0.1) is 0 Å². The first-order chi connectivity index (χ1) is 38.0. The molecule has 6 nitrogen and oxygen atoms in total. The number of carbonyl (C=O) groups excluding carboxylic acids is 3. The molecule has 0 radical (unpaired) electrons. The quantitative estimate of drug-likeness (QED) is 0.0261. The largest absolute Gasteiger partial charge is 0.462 e. The van der Waals surface area contributed by atoms with E-state index in [-0.39, 0.29) is 37.5 Å². The fourth-order valence-electron chi connectivity index (χ4n) is 9.23. The van der Waals surface area contributed by atoms with Crippen LogP contribution in [0.1, 0.15) is 316 Å². The van der Waals surface area contributed by atoms with Gasteiger partial charge < -0.3 is 14.2 Å². The molecule has 0 aliphatic carbocycles. The second kappa shape index (κ2) is 64.9. The number of esters is 3. The van der Waals surface area contributed by atoms with Crippen molar-refractivity contribution in [1.29, 1.82) is 0 Å². The van der Waals surface area contributed by atoms with Crippen molar-refractivity contribution in [2.75, 3.05) is 13.2 Å². The first-order valence-corrected chi connectivity index (χ1v) is 32.7. The van der Waals surface area contributed by atoms with E-state index < -0.39 is 6.10 Å². The molecule has 6 heteroatoms. The summed E-state index contributed by atoms with van der Waals surface area (Å²) in [5.74, 6) is -0.988. The number of hydrogen-bond donors (Lipinski definition) is 0. The Morgan fingerprint density at radius 3 is 0.883 bits per heavy atom. The molecule has 0 spiro atoms. The molecule has 0 aliphatic rings. The van der Waals surface area contributed by atoms with E-state index in [1.54, 1.807) is 0 Å². The Morgan fingerprint density at radius 2 is 0.532 bits per heavy atom. The number of carbonyl (C=O) groups is 3. The highest BCUT2D eigenvalue weighted by Gasteiger charge is 2.19. The second-order valence-electron chi connectivity index (χ2n) is 21.6. The van der Waals surface area contributed by atoms with Gasteiger partial charge in [-0.15, -0.1) is 0 Å². The van der Waals surface area contributed by atoms with E-state index in [0.717, 1.165) is 89.9 Å². The third-order valence-corrected chi connectivity index (χ3v) is 14.1. The molecule has 0 rings (SSSR count). The van der Waals surface area contributed by atoms with Crippen LogP contribution in [-0.4, -0.2) is 37.2 Å². The molecule has 0 saturated heterocycles. The fraction of sp³-hybridized carbons (Fsp3) is 0.732. The highest BCUT2D eigenvalue weighted by atomic mass is 16.6. The molecule has 0 fully saturated rings. The lowest BCUT2D eigenvalue weighted by Gasteiger charge is -2.18. The van der Waals surface area contributed by atoms with Crippen molar-refractivity contribution in [3.8, 4) is 0 Å². The van der Waals surface area contributed by atoms with E-state index in [4.69, 9.17) is 14.2 Å². The second-order valence-corrected chi connectivity index (χ2v) is 21.6. The monoisotopic (exact) mass is 1070 g/mol. The molecular weight excluding hydrogens is 949 g/mol. The summed E-state index contributed by atoms with van der Waals surface area (Å²) < 4.78 is 16.8. The summed E-state index contributed by atoms with van der Waals surface area (Å²) in [5, 5.41) is 0. The predicted molar refractivity (Wildman–Crippen MR) is 334 cm³/mol. The summed E-state index contributed by atoms with van der Waals surface area (Å²) in [6, 6.07) is 0. The Labute approximate surface area is 477 Å². The molecular formula is C71H122O6. The molecule has 0 saturated carbocycles. The Morgan fingerprint density at radius 1 is 0.273 bits per heavy atom. The van der Waals surface area contributed by atoms with Crippen LogP contribution >= 0.6 is 0 Å². The highest BCUT2D eigenvalue weighted by molar-refractivity contribution is 5.71. The van der Waals surface area contributed by atoms with Crippen molar-refractivity contribution in [2.24, 2.45) is 0 Å². The van der Waals surface area contributed by atoms with Gasteiger partial charge in [0.05, 0.1) is 0 Å². The Bertz CT molecular complexity index is 1510. The van der Waals surface area contributed by atoms with E-state index in [1.807, 2.05) is 6.08 Å². The summed E-state index contributed by atoms with van der Waals surface area (Å²) in [6.07, 6.45) is 87.4. The van der Waals surface area contributed by atoms with Crippen molar-refractivity contribution in [2.45, 2.75) is 322 Å². The van der Waals surface area contributed by atoms with Gasteiger partial charge in [0, 0.05) is 19.3 Å². The summed E-state index contributed by atoms with van der Waals surface area (Å²) in [6.45, 7) is 6.37. The minimum Gasteiger partial charge on any atom is -0.462 e. The van der Waals surface area contributed by atoms with Crippen molar-refractivity contribution in [3.63, 3.8) is 0 Å². The molecule has 1 atom stereocenters. The van der Waals surface area contributed by atoms with E-state index in [9.17, 15) is 14.4 Å². The average molecular weight is 1070 g/mol. The molecule has 0 aromatic heterocycles. The fourth-order valence-corrected chi connectivity index (χ4v) is 9.23. The van der Waals surface area contributed by atoms with Crippen LogP contribution in [-0.2, 0) is 28.6 Å². The van der Waals surface area contributed by atoms with Crippen LogP contribution in [0.4, 0.5) is 0 Å². The first kappa shape index (κ1) is 73.3. The van der Waals surface area contributed by atoms with Gasteiger partial charge in [0.25, 0.3) is 0 Å². The number of hydrogen-bond acceptors (Lipinski definition) is 6. The zero-order chi connectivity index (χ0) is 55.7. The SMILES string of the molecule is CC/C=C\C/C=C\C/C=C\C/C=C\CCC(=O)OCC(COC(=O)CCCCCCCCCCCCCCCCCCC/C=C\CCCCCCCCCC)OC(=O)CCCCCCCCC/C=C\C/C=C\C/C=C\CC. The predicted octanol–water partition coefficient (Wildman–Crippen LogP) is 22.4. The topological polar surface area (TPSA) is 78.9 Å². The molecule has 0 bridgehead atoms. The summed E-state index contributed by atoms with van der Waals surface area (Å²) in [5.41, 5.74) is 0. The summed E-state index contributed by atoms with van der Waals surface area (Å²) >= 11 is 0. The van der Waals surface area contributed by atoms with Crippen LogP contribution in [0.5, 0.6) is 0 Å². The minimum absolute atomic E-state index is 0.102. The zero-order valence-electron chi connectivity index (χ0n) is 50.7. The molecule has 0 aliphatic heterocycles. The smallest absolute Gasteiger partial charge is 0.306 e. The van der Waals surface area contributed by atoms with Crippen LogP contribution in [0.3, 0.4) is 0 Å². The first-order valence-electron chi connectivity index (χ1n) is 32.7. The Hall–Kier alpha value is -3.67. The normalized spacial score (nSPS) is 12.7. The van der Waals surface area contributed by atoms with E-state index >= 15 is 0 Å². The lowest BCUT2D eigenvalue weighted by atomic mass is 10.0. The maximum Gasteiger partial charge on any atom is 0.306 e. The van der Waals surface area contributed by atoms with Crippen LogP contribution in [0.2, 0.25) is 0 Å². The van der Waals surface area contributed by atoms with Gasteiger partial charge >= 0.3 is 17.9 Å². The maximum atomic E-state index is 12.9. The number of unbranched alkanes of at least 4 members (excludes halogenated alkanes) is 32. The molecule has 1 unspecified atom stereocenters. The van der Waals surface area contributed by atoms with Crippen LogP contribution in [0.15, 0.2) is 97.2 Å². The molecule has 442 valence electrons. The molecule has 77 heavy (non-hydrogen) atoms. The van der Waals surface area contributed by atoms with Gasteiger partial charge in [0.15, 0.2) is 6.10 Å². The Kier molecular flexibility index (Phi) is 61.8. The van der Waals surface area contributed by atoms with Crippen molar-refractivity contribution in [1.82, 2.24) is 0 Å². The van der Waals surface area contributed by atoms with E-state index in [0.29, 0.717) is 19.3 Å². The van der Waals surface area contributed by atoms with E-state index in [2.05, 4.69) is 112 Å². The lowest BCUT2D eigenvalue weighted by molar-refractivity contribution is -0.166. The molecule has 0 heterocycles. The minimum atomic E-state index is -0.812. The van der Waals surface area contributed by atoms with Crippen molar-refractivity contribution >= 4 is 17.9 Å². The van der Waals surface area contributed by atoms with Gasteiger partial charge in [0.1, 0.15) is 13.2 Å². The van der Waals surface area contributed by atoms with Gasteiger partial charge in [-0.1, -0.05) is 291 Å². The molecule has 0 aromatic carbocycles. The van der Waals surface area contributed by atoms with E-state index in [1.165, 1.54) is 180 Å². The van der Waals surface area contributed by atoms with Gasteiger partial charge in [0.2, 0.25) is 0 Å². The number of ether oxygens (including phenoxy) is 3.